The second kappa shape index (κ2) is 8.69. The van der Waals surface area contributed by atoms with Crippen LogP contribution in [0.25, 0.3) is 0 Å². The molecule has 1 rings (SSSR count). The van der Waals surface area contributed by atoms with Gasteiger partial charge in [0, 0.05) is 30.2 Å². The highest BCUT2D eigenvalue weighted by molar-refractivity contribution is 9.10. The summed E-state index contributed by atoms with van der Waals surface area (Å²) >= 11 is 3.47. The first-order chi connectivity index (χ1) is 9.08. The standard InChI is InChI=1S/C15H25BrN2O/c1-12(11-19-4)18(3)10-9-15(17-2)13-5-7-14(16)8-6-13/h5-8,12,15,17H,9-11H2,1-4H3. The Morgan fingerprint density at radius 3 is 2.47 bits per heavy atom. The van der Waals surface area contributed by atoms with Gasteiger partial charge in [0.1, 0.15) is 0 Å². The molecule has 0 saturated heterocycles. The summed E-state index contributed by atoms with van der Waals surface area (Å²) in [5.74, 6) is 0. The van der Waals surface area contributed by atoms with Crippen molar-refractivity contribution in [1.29, 1.82) is 0 Å². The third-order valence-corrected chi connectivity index (χ3v) is 4.08. The second-order valence-corrected chi connectivity index (χ2v) is 5.88. The molecular weight excluding hydrogens is 304 g/mol. The maximum Gasteiger partial charge on any atom is 0.0615 e. The molecule has 0 bridgehead atoms. The molecule has 0 spiro atoms. The molecule has 3 nitrogen and oxygen atoms in total. The fourth-order valence-electron chi connectivity index (χ4n) is 2.09. The summed E-state index contributed by atoms with van der Waals surface area (Å²) in [4.78, 5) is 2.34. The van der Waals surface area contributed by atoms with Crippen LogP contribution in [-0.4, -0.2) is 45.3 Å². The van der Waals surface area contributed by atoms with E-state index in [9.17, 15) is 0 Å². The topological polar surface area (TPSA) is 24.5 Å². The average molecular weight is 329 g/mol. The van der Waals surface area contributed by atoms with E-state index < -0.39 is 0 Å². The molecule has 0 radical (unpaired) electrons. The van der Waals surface area contributed by atoms with Gasteiger partial charge in [-0.3, -0.25) is 0 Å². The predicted octanol–water partition coefficient (Wildman–Crippen LogP) is 3.07. The molecule has 1 aromatic rings. The maximum absolute atomic E-state index is 5.19. The Bertz CT molecular complexity index is 356. The van der Waals surface area contributed by atoms with Gasteiger partial charge in [-0.25, -0.2) is 0 Å². The highest BCUT2D eigenvalue weighted by atomic mass is 79.9. The number of nitrogens with one attached hydrogen (secondary N) is 1. The summed E-state index contributed by atoms with van der Waals surface area (Å²) in [6.45, 7) is 4.02. The quantitative estimate of drug-likeness (QED) is 0.793. The predicted molar refractivity (Wildman–Crippen MR) is 84.5 cm³/mol. The van der Waals surface area contributed by atoms with Crippen molar-refractivity contribution in [3.8, 4) is 0 Å². The van der Waals surface area contributed by atoms with Gasteiger partial charge in [0.15, 0.2) is 0 Å². The molecule has 0 aliphatic rings. The molecule has 0 aliphatic carbocycles. The van der Waals surface area contributed by atoms with Crippen molar-refractivity contribution >= 4 is 15.9 Å². The summed E-state index contributed by atoms with van der Waals surface area (Å²) in [6.07, 6.45) is 1.09. The molecule has 19 heavy (non-hydrogen) atoms. The van der Waals surface area contributed by atoms with Crippen LogP contribution in [0.4, 0.5) is 0 Å². The van der Waals surface area contributed by atoms with Gasteiger partial charge < -0.3 is 15.0 Å². The van der Waals surface area contributed by atoms with Crippen LogP contribution in [0.1, 0.15) is 24.9 Å². The van der Waals surface area contributed by atoms with E-state index in [4.69, 9.17) is 4.74 Å². The van der Waals surface area contributed by atoms with Gasteiger partial charge in [0.05, 0.1) is 6.61 Å². The van der Waals surface area contributed by atoms with Crippen LogP contribution in [0.2, 0.25) is 0 Å². The van der Waals surface area contributed by atoms with Crippen LogP contribution in [0.15, 0.2) is 28.7 Å². The molecule has 1 N–H and O–H groups in total. The number of nitrogens with zero attached hydrogens (tertiary/aromatic N) is 1. The smallest absolute Gasteiger partial charge is 0.0615 e. The Morgan fingerprint density at radius 1 is 1.32 bits per heavy atom. The van der Waals surface area contributed by atoms with E-state index in [0.717, 1.165) is 24.0 Å². The zero-order valence-electron chi connectivity index (χ0n) is 12.3. The highest BCUT2D eigenvalue weighted by Crippen LogP contribution is 2.19. The Hall–Kier alpha value is -0.420. The van der Waals surface area contributed by atoms with Crippen molar-refractivity contribution in [2.75, 3.05) is 34.4 Å². The minimum Gasteiger partial charge on any atom is -0.383 e. The van der Waals surface area contributed by atoms with Crippen molar-refractivity contribution in [3.63, 3.8) is 0 Å². The Labute approximate surface area is 125 Å². The molecule has 0 saturated carbocycles. The lowest BCUT2D eigenvalue weighted by molar-refractivity contribution is 0.113. The minimum absolute atomic E-state index is 0.394. The monoisotopic (exact) mass is 328 g/mol. The van der Waals surface area contributed by atoms with Gasteiger partial charge in [0.25, 0.3) is 0 Å². The van der Waals surface area contributed by atoms with Gasteiger partial charge in [-0.2, -0.15) is 0 Å². The van der Waals surface area contributed by atoms with E-state index in [2.05, 4.69) is 64.4 Å². The molecule has 108 valence electrons. The number of likely N-dealkylation sites (N-methyl/N-ethyl adjacent to an activating group) is 1. The third-order valence-electron chi connectivity index (χ3n) is 3.55. The molecule has 2 unspecified atom stereocenters. The Kier molecular flexibility index (Phi) is 7.61. The number of rotatable bonds is 8. The van der Waals surface area contributed by atoms with E-state index >= 15 is 0 Å². The number of hydrogen-bond donors (Lipinski definition) is 1. The molecule has 1 aromatic carbocycles. The van der Waals surface area contributed by atoms with Gasteiger partial charge in [-0.05, 0) is 45.1 Å². The molecule has 0 fully saturated rings. The normalized spacial score (nSPS) is 14.6. The van der Waals surface area contributed by atoms with Crippen molar-refractivity contribution < 1.29 is 4.74 Å². The summed E-state index contributed by atoms with van der Waals surface area (Å²) in [5.41, 5.74) is 1.33. The van der Waals surface area contributed by atoms with E-state index in [1.807, 2.05) is 7.05 Å². The van der Waals surface area contributed by atoms with E-state index in [0.29, 0.717) is 12.1 Å². The lowest BCUT2D eigenvalue weighted by atomic mass is 10.0. The first-order valence-corrected chi connectivity index (χ1v) is 7.49. The van der Waals surface area contributed by atoms with Gasteiger partial charge in [0.2, 0.25) is 0 Å². The highest BCUT2D eigenvalue weighted by Gasteiger charge is 2.13. The first-order valence-electron chi connectivity index (χ1n) is 6.70. The maximum atomic E-state index is 5.19. The first kappa shape index (κ1) is 16.6. The summed E-state index contributed by atoms with van der Waals surface area (Å²) in [5, 5.41) is 3.39. The second-order valence-electron chi connectivity index (χ2n) is 4.97. The van der Waals surface area contributed by atoms with Gasteiger partial charge in [-0.1, -0.05) is 28.1 Å². The molecule has 0 aliphatic heterocycles. The molecular formula is C15H25BrN2O. The number of ether oxygens (including phenoxy) is 1. The number of benzene rings is 1. The number of halogens is 1. The fraction of sp³-hybridized carbons (Fsp3) is 0.600. The lowest BCUT2D eigenvalue weighted by Crippen LogP contribution is -2.35. The molecule has 0 heterocycles. The molecule has 0 aromatic heterocycles. The van der Waals surface area contributed by atoms with E-state index in [1.165, 1.54) is 5.56 Å². The fourth-order valence-corrected chi connectivity index (χ4v) is 2.36. The van der Waals surface area contributed by atoms with Crippen molar-refractivity contribution in [2.45, 2.75) is 25.4 Å². The van der Waals surface area contributed by atoms with Crippen molar-refractivity contribution in [1.82, 2.24) is 10.2 Å². The number of methoxy groups -OCH3 is 1. The van der Waals surface area contributed by atoms with Crippen LogP contribution in [-0.2, 0) is 4.74 Å². The van der Waals surface area contributed by atoms with Gasteiger partial charge in [-0.15, -0.1) is 0 Å². The van der Waals surface area contributed by atoms with E-state index in [1.54, 1.807) is 7.11 Å². The largest absolute Gasteiger partial charge is 0.383 e. The molecule has 2 atom stereocenters. The summed E-state index contributed by atoms with van der Waals surface area (Å²) < 4.78 is 6.32. The SMILES string of the molecule is CNC(CCN(C)C(C)COC)c1ccc(Br)cc1. The number of hydrogen-bond acceptors (Lipinski definition) is 3. The van der Waals surface area contributed by atoms with Crippen LogP contribution >= 0.6 is 15.9 Å². The average Bonchev–Trinajstić information content (AvgIpc) is 2.41. The zero-order chi connectivity index (χ0) is 14.3. The Morgan fingerprint density at radius 2 is 1.95 bits per heavy atom. The Balaban J connectivity index is 2.51. The summed E-state index contributed by atoms with van der Waals surface area (Å²) in [7, 11) is 5.92. The van der Waals surface area contributed by atoms with Crippen molar-refractivity contribution in [3.05, 3.63) is 34.3 Å². The zero-order valence-corrected chi connectivity index (χ0v) is 13.9. The molecule has 0 amide bonds. The minimum atomic E-state index is 0.394. The lowest BCUT2D eigenvalue weighted by Gasteiger charge is -2.26. The van der Waals surface area contributed by atoms with Crippen LogP contribution in [0, 0.1) is 0 Å². The third kappa shape index (κ3) is 5.61. The van der Waals surface area contributed by atoms with Crippen LogP contribution in [0.5, 0.6) is 0 Å². The van der Waals surface area contributed by atoms with Crippen LogP contribution in [0.3, 0.4) is 0 Å². The van der Waals surface area contributed by atoms with Gasteiger partial charge >= 0.3 is 0 Å². The molecule has 4 heteroatoms. The summed E-state index contributed by atoms with van der Waals surface area (Å²) in [6, 6.07) is 9.37. The van der Waals surface area contributed by atoms with Crippen molar-refractivity contribution in [2.24, 2.45) is 0 Å². The van der Waals surface area contributed by atoms with E-state index in [-0.39, 0.29) is 0 Å². The van der Waals surface area contributed by atoms with Crippen LogP contribution < -0.4 is 5.32 Å².